The van der Waals surface area contributed by atoms with Crippen LogP contribution in [0.5, 0.6) is 6.01 Å². The standard InChI is InChI=1S/C12H15N3O3/c1-8(2)17-5-6-18-12-14-10-7-13-4-3-9(10)11(16)15-12/h3-4,7-8H,5-6H2,1-2H3,(H,14,15,16). The molecular formula is C12H15N3O3. The molecule has 6 nitrogen and oxygen atoms in total. The summed E-state index contributed by atoms with van der Waals surface area (Å²) >= 11 is 0. The molecule has 1 N–H and O–H groups in total. The molecule has 2 aromatic rings. The lowest BCUT2D eigenvalue weighted by Gasteiger charge is -2.08. The fraction of sp³-hybridized carbons (Fsp3) is 0.417. The summed E-state index contributed by atoms with van der Waals surface area (Å²) in [6, 6.07) is 1.81. The molecule has 0 saturated carbocycles. The third-order valence-electron chi connectivity index (χ3n) is 2.26. The zero-order valence-electron chi connectivity index (χ0n) is 10.3. The molecular weight excluding hydrogens is 234 g/mol. The first-order chi connectivity index (χ1) is 8.66. The first-order valence-electron chi connectivity index (χ1n) is 5.75. The van der Waals surface area contributed by atoms with E-state index in [1.54, 1.807) is 12.3 Å². The number of hydrogen-bond acceptors (Lipinski definition) is 5. The van der Waals surface area contributed by atoms with E-state index in [1.807, 2.05) is 13.8 Å². The zero-order valence-corrected chi connectivity index (χ0v) is 10.3. The lowest BCUT2D eigenvalue weighted by molar-refractivity contribution is 0.0531. The van der Waals surface area contributed by atoms with Crippen LogP contribution >= 0.6 is 0 Å². The molecule has 2 rings (SSSR count). The third-order valence-corrected chi connectivity index (χ3v) is 2.26. The van der Waals surface area contributed by atoms with E-state index in [0.717, 1.165) is 0 Å². The molecule has 0 bridgehead atoms. The first kappa shape index (κ1) is 12.5. The maximum Gasteiger partial charge on any atom is 0.297 e. The van der Waals surface area contributed by atoms with Gasteiger partial charge >= 0.3 is 0 Å². The van der Waals surface area contributed by atoms with E-state index in [2.05, 4.69) is 15.0 Å². The van der Waals surface area contributed by atoms with Gasteiger partial charge in [-0.15, -0.1) is 0 Å². The Morgan fingerprint density at radius 1 is 1.39 bits per heavy atom. The topological polar surface area (TPSA) is 77.1 Å². The van der Waals surface area contributed by atoms with Crippen LogP contribution in [0, 0.1) is 0 Å². The molecule has 0 aromatic carbocycles. The van der Waals surface area contributed by atoms with Crippen molar-refractivity contribution in [1.82, 2.24) is 15.0 Å². The Hall–Kier alpha value is -1.95. The smallest absolute Gasteiger partial charge is 0.297 e. The van der Waals surface area contributed by atoms with E-state index < -0.39 is 0 Å². The van der Waals surface area contributed by atoms with Crippen molar-refractivity contribution >= 4 is 10.9 Å². The Kier molecular flexibility index (Phi) is 3.88. The van der Waals surface area contributed by atoms with Crippen LogP contribution in [-0.2, 0) is 4.74 Å². The van der Waals surface area contributed by atoms with Crippen molar-refractivity contribution in [3.05, 3.63) is 28.8 Å². The van der Waals surface area contributed by atoms with Crippen molar-refractivity contribution < 1.29 is 9.47 Å². The Labute approximate surface area is 104 Å². The summed E-state index contributed by atoms with van der Waals surface area (Å²) in [5.41, 5.74) is 0.281. The molecule has 0 aliphatic heterocycles. The molecule has 0 saturated heterocycles. The molecule has 0 unspecified atom stereocenters. The van der Waals surface area contributed by atoms with Crippen molar-refractivity contribution in [1.29, 1.82) is 0 Å². The summed E-state index contributed by atoms with van der Waals surface area (Å²) in [4.78, 5) is 22.3. The van der Waals surface area contributed by atoms with E-state index in [-0.39, 0.29) is 17.7 Å². The monoisotopic (exact) mass is 249 g/mol. The largest absolute Gasteiger partial charge is 0.462 e. The van der Waals surface area contributed by atoms with Gasteiger partial charge in [-0.1, -0.05) is 0 Å². The number of nitrogens with zero attached hydrogens (tertiary/aromatic N) is 2. The van der Waals surface area contributed by atoms with E-state index >= 15 is 0 Å². The molecule has 0 spiro atoms. The maximum absolute atomic E-state index is 11.7. The number of aromatic nitrogens is 3. The van der Waals surface area contributed by atoms with Gasteiger partial charge in [-0.2, -0.15) is 4.98 Å². The fourth-order valence-corrected chi connectivity index (χ4v) is 1.46. The van der Waals surface area contributed by atoms with Crippen molar-refractivity contribution in [3.63, 3.8) is 0 Å². The molecule has 96 valence electrons. The molecule has 6 heteroatoms. The number of pyridine rings is 1. The molecule has 2 aromatic heterocycles. The average Bonchev–Trinajstić information content (AvgIpc) is 2.35. The van der Waals surface area contributed by atoms with Gasteiger partial charge in [-0.3, -0.25) is 14.8 Å². The summed E-state index contributed by atoms with van der Waals surface area (Å²) in [6.07, 6.45) is 3.24. The van der Waals surface area contributed by atoms with Crippen LogP contribution in [0.2, 0.25) is 0 Å². The number of hydrogen-bond donors (Lipinski definition) is 1. The number of fused-ring (bicyclic) bond motifs is 1. The van der Waals surface area contributed by atoms with Crippen LogP contribution in [0.25, 0.3) is 10.9 Å². The Morgan fingerprint density at radius 2 is 2.22 bits per heavy atom. The highest BCUT2D eigenvalue weighted by Gasteiger charge is 2.04. The van der Waals surface area contributed by atoms with Gasteiger partial charge in [0.15, 0.2) is 0 Å². The second-order valence-corrected chi connectivity index (χ2v) is 4.03. The maximum atomic E-state index is 11.7. The van der Waals surface area contributed by atoms with E-state index in [1.165, 1.54) is 6.20 Å². The van der Waals surface area contributed by atoms with Crippen LogP contribution in [-0.4, -0.2) is 34.3 Å². The van der Waals surface area contributed by atoms with E-state index in [4.69, 9.17) is 9.47 Å². The molecule has 2 heterocycles. The number of nitrogens with one attached hydrogen (secondary N) is 1. The summed E-state index contributed by atoms with van der Waals surface area (Å²) in [7, 11) is 0. The number of ether oxygens (including phenoxy) is 2. The Morgan fingerprint density at radius 3 is 3.00 bits per heavy atom. The first-order valence-corrected chi connectivity index (χ1v) is 5.75. The predicted molar refractivity (Wildman–Crippen MR) is 66.7 cm³/mol. The van der Waals surface area contributed by atoms with Crippen molar-refractivity contribution in [2.24, 2.45) is 0 Å². The van der Waals surface area contributed by atoms with Crippen LogP contribution in [0.1, 0.15) is 13.8 Å². The zero-order chi connectivity index (χ0) is 13.0. The Balaban J connectivity index is 2.08. The van der Waals surface area contributed by atoms with E-state index in [0.29, 0.717) is 24.1 Å². The molecule has 0 aliphatic carbocycles. The molecule has 0 atom stereocenters. The minimum absolute atomic E-state index is 0.154. The van der Waals surface area contributed by atoms with Crippen molar-refractivity contribution in [2.75, 3.05) is 13.2 Å². The molecule has 0 amide bonds. The van der Waals surface area contributed by atoms with Crippen LogP contribution in [0.4, 0.5) is 0 Å². The molecule has 0 radical (unpaired) electrons. The molecule has 0 aliphatic rings. The highest BCUT2D eigenvalue weighted by atomic mass is 16.5. The van der Waals surface area contributed by atoms with Gasteiger partial charge in [0.05, 0.1) is 29.8 Å². The molecule has 0 fully saturated rings. The second-order valence-electron chi connectivity index (χ2n) is 4.03. The minimum Gasteiger partial charge on any atom is -0.462 e. The van der Waals surface area contributed by atoms with Crippen LogP contribution < -0.4 is 10.3 Å². The number of aromatic amines is 1. The van der Waals surface area contributed by atoms with Gasteiger partial charge in [-0.05, 0) is 19.9 Å². The van der Waals surface area contributed by atoms with Gasteiger partial charge in [-0.25, -0.2) is 0 Å². The fourth-order valence-electron chi connectivity index (χ4n) is 1.46. The normalized spacial score (nSPS) is 11.1. The Bertz CT molecular complexity index is 580. The summed E-state index contributed by atoms with van der Waals surface area (Å²) in [5, 5.41) is 0.496. The van der Waals surface area contributed by atoms with Crippen molar-refractivity contribution in [2.45, 2.75) is 20.0 Å². The lowest BCUT2D eigenvalue weighted by atomic mass is 10.3. The van der Waals surface area contributed by atoms with Gasteiger partial charge < -0.3 is 9.47 Å². The van der Waals surface area contributed by atoms with Gasteiger partial charge in [0.1, 0.15) is 6.61 Å². The highest BCUT2D eigenvalue weighted by Crippen LogP contribution is 2.07. The van der Waals surface area contributed by atoms with E-state index in [9.17, 15) is 4.79 Å². The number of rotatable bonds is 5. The van der Waals surface area contributed by atoms with Gasteiger partial charge in [0.2, 0.25) is 0 Å². The number of H-pyrrole nitrogens is 1. The molecule has 18 heavy (non-hydrogen) atoms. The van der Waals surface area contributed by atoms with Crippen molar-refractivity contribution in [3.8, 4) is 6.01 Å². The highest BCUT2D eigenvalue weighted by molar-refractivity contribution is 5.76. The third kappa shape index (κ3) is 3.04. The summed E-state index contributed by atoms with van der Waals surface area (Å²) < 4.78 is 10.7. The SMILES string of the molecule is CC(C)OCCOc1nc2cnccc2c(=O)[nH]1. The summed E-state index contributed by atoms with van der Waals surface area (Å²) in [6.45, 7) is 4.68. The average molecular weight is 249 g/mol. The van der Waals surface area contributed by atoms with Gasteiger partial charge in [0, 0.05) is 6.20 Å². The predicted octanol–water partition coefficient (Wildman–Crippen LogP) is 1.12. The minimum atomic E-state index is -0.234. The lowest BCUT2D eigenvalue weighted by Crippen LogP contribution is -2.15. The second kappa shape index (κ2) is 5.59. The van der Waals surface area contributed by atoms with Gasteiger partial charge in [0.25, 0.3) is 11.6 Å². The quantitative estimate of drug-likeness (QED) is 0.803. The summed E-state index contributed by atoms with van der Waals surface area (Å²) in [5.74, 6) is 0. The van der Waals surface area contributed by atoms with Crippen LogP contribution in [0.3, 0.4) is 0 Å². The van der Waals surface area contributed by atoms with Crippen LogP contribution in [0.15, 0.2) is 23.3 Å².